The molecule has 0 aliphatic carbocycles. The number of hydrogen-bond donors (Lipinski definition) is 3. The monoisotopic (exact) mass is 186 g/mol. The van der Waals surface area contributed by atoms with E-state index in [-0.39, 0.29) is 18.6 Å². The Kier molecular flexibility index (Phi) is 3.88. The largest absolute Gasteiger partial charge is 0.388 e. The summed E-state index contributed by atoms with van der Waals surface area (Å²) in [5, 5.41) is 11.9. The molecule has 1 rings (SSSR count). The number of nitrogens with two attached hydrogens (primary N) is 1. The lowest BCUT2D eigenvalue weighted by atomic mass is 10.2. The summed E-state index contributed by atoms with van der Waals surface area (Å²) in [5.41, 5.74) is 5.17. The van der Waals surface area contributed by atoms with Crippen molar-refractivity contribution in [2.45, 2.75) is 12.1 Å². The molecule has 0 aromatic rings. The molecule has 1 heterocycles. The van der Waals surface area contributed by atoms with E-state index < -0.39 is 6.10 Å². The fourth-order valence-corrected chi connectivity index (χ4v) is 1.09. The minimum Gasteiger partial charge on any atom is -0.388 e. The number of amides is 1. The highest BCUT2D eigenvalue weighted by Gasteiger charge is 2.26. The zero-order valence-corrected chi connectivity index (χ0v) is 7.27. The van der Waals surface area contributed by atoms with Gasteiger partial charge < -0.3 is 20.9 Å². The van der Waals surface area contributed by atoms with E-state index in [1.54, 1.807) is 6.08 Å². The van der Waals surface area contributed by atoms with Gasteiger partial charge in [-0.3, -0.25) is 4.79 Å². The molecule has 74 valence electrons. The highest BCUT2D eigenvalue weighted by Crippen LogP contribution is 2.04. The van der Waals surface area contributed by atoms with Gasteiger partial charge in [-0.2, -0.15) is 0 Å². The van der Waals surface area contributed by atoms with Crippen LogP contribution in [-0.2, 0) is 9.53 Å². The first-order chi connectivity index (χ1) is 6.24. The van der Waals surface area contributed by atoms with Gasteiger partial charge in [0, 0.05) is 12.6 Å². The summed E-state index contributed by atoms with van der Waals surface area (Å²) in [7, 11) is 0. The maximum absolute atomic E-state index is 11.1. The summed E-state index contributed by atoms with van der Waals surface area (Å²) in [6.45, 7) is 0.978. The van der Waals surface area contributed by atoms with Crippen molar-refractivity contribution in [3.8, 4) is 0 Å². The Morgan fingerprint density at radius 2 is 2.46 bits per heavy atom. The summed E-state index contributed by atoms with van der Waals surface area (Å²) in [4.78, 5) is 11.1. The molecule has 1 fully saturated rings. The highest BCUT2D eigenvalue weighted by molar-refractivity contribution is 5.87. The van der Waals surface area contributed by atoms with Crippen LogP contribution >= 0.6 is 0 Å². The second-order valence-corrected chi connectivity index (χ2v) is 2.86. The minimum atomic E-state index is -0.602. The molecule has 5 nitrogen and oxygen atoms in total. The summed E-state index contributed by atoms with van der Waals surface area (Å²) >= 11 is 0. The van der Waals surface area contributed by atoms with Gasteiger partial charge in [0.05, 0.1) is 25.4 Å². The quantitative estimate of drug-likeness (QED) is 0.462. The van der Waals surface area contributed by atoms with Gasteiger partial charge in [0.1, 0.15) is 0 Å². The molecular weight excluding hydrogens is 172 g/mol. The van der Waals surface area contributed by atoms with Crippen LogP contribution < -0.4 is 11.1 Å². The predicted octanol–water partition coefficient (Wildman–Crippen LogP) is -1.62. The molecule has 0 spiro atoms. The van der Waals surface area contributed by atoms with E-state index in [9.17, 15) is 9.90 Å². The molecule has 0 unspecified atom stereocenters. The molecule has 1 saturated heterocycles. The zero-order valence-electron chi connectivity index (χ0n) is 7.27. The Balaban J connectivity index is 2.31. The van der Waals surface area contributed by atoms with Crippen LogP contribution in [0.4, 0.5) is 0 Å². The standard InChI is InChI=1S/C8H14N2O3/c9-3-1-2-8(12)10-6-4-13-5-7(6)11/h1-2,6-7,11H,3-5,9H2,(H,10,12)/b2-1+/t6-,7-/m1/s1. The third-order valence-electron chi connectivity index (χ3n) is 1.78. The molecule has 1 aliphatic rings. The van der Waals surface area contributed by atoms with Crippen molar-refractivity contribution < 1.29 is 14.6 Å². The third-order valence-corrected chi connectivity index (χ3v) is 1.78. The molecule has 1 amide bonds. The first-order valence-corrected chi connectivity index (χ1v) is 4.17. The van der Waals surface area contributed by atoms with Gasteiger partial charge in [-0.15, -0.1) is 0 Å². The average molecular weight is 186 g/mol. The van der Waals surface area contributed by atoms with Crippen LogP contribution in [0.15, 0.2) is 12.2 Å². The van der Waals surface area contributed by atoms with Crippen molar-refractivity contribution in [1.82, 2.24) is 5.32 Å². The molecule has 13 heavy (non-hydrogen) atoms. The lowest BCUT2D eigenvalue weighted by Gasteiger charge is -2.12. The minimum absolute atomic E-state index is 0.250. The Hall–Kier alpha value is -0.910. The molecule has 0 bridgehead atoms. The van der Waals surface area contributed by atoms with E-state index in [4.69, 9.17) is 10.5 Å². The molecule has 5 heteroatoms. The third kappa shape index (κ3) is 3.14. The summed E-state index contributed by atoms with van der Waals surface area (Å²) in [6.07, 6.45) is 2.30. The van der Waals surface area contributed by atoms with Crippen molar-refractivity contribution in [2.24, 2.45) is 5.73 Å². The molecule has 0 aromatic carbocycles. The van der Waals surface area contributed by atoms with E-state index in [0.717, 1.165) is 0 Å². The second-order valence-electron chi connectivity index (χ2n) is 2.86. The normalized spacial score (nSPS) is 28.2. The van der Waals surface area contributed by atoms with Gasteiger partial charge in [-0.25, -0.2) is 0 Å². The number of carbonyl (C=O) groups excluding carboxylic acids is 1. The predicted molar refractivity (Wildman–Crippen MR) is 47.0 cm³/mol. The first kappa shape index (κ1) is 10.2. The summed E-state index contributed by atoms with van der Waals surface area (Å²) < 4.78 is 4.96. The maximum atomic E-state index is 11.1. The van der Waals surface area contributed by atoms with Gasteiger partial charge in [-0.1, -0.05) is 6.08 Å². The number of hydrogen-bond acceptors (Lipinski definition) is 4. The van der Waals surface area contributed by atoms with Gasteiger partial charge in [0.15, 0.2) is 0 Å². The summed E-state index contributed by atoms with van der Waals surface area (Å²) in [6, 6.07) is -0.296. The van der Waals surface area contributed by atoms with Gasteiger partial charge in [-0.05, 0) is 0 Å². The van der Waals surface area contributed by atoms with Gasteiger partial charge >= 0.3 is 0 Å². The molecule has 2 atom stereocenters. The van der Waals surface area contributed by atoms with Crippen LogP contribution in [0.25, 0.3) is 0 Å². The topological polar surface area (TPSA) is 84.6 Å². The molecule has 0 radical (unpaired) electrons. The second kappa shape index (κ2) is 4.96. The highest BCUT2D eigenvalue weighted by atomic mass is 16.5. The van der Waals surface area contributed by atoms with E-state index in [2.05, 4.69) is 5.32 Å². The van der Waals surface area contributed by atoms with Gasteiger partial charge in [0.2, 0.25) is 5.91 Å². The van der Waals surface area contributed by atoms with Crippen LogP contribution in [0.2, 0.25) is 0 Å². The van der Waals surface area contributed by atoms with E-state index in [1.807, 2.05) is 0 Å². The van der Waals surface area contributed by atoms with E-state index in [1.165, 1.54) is 6.08 Å². The first-order valence-electron chi connectivity index (χ1n) is 4.17. The number of aliphatic hydroxyl groups excluding tert-OH is 1. The lowest BCUT2D eigenvalue weighted by molar-refractivity contribution is -0.117. The molecule has 0 aromatic heterocycles. The molecule has 1 aliphatic heterocycles. The Morgan fingerprint density at radius 1 is 1.69 bits per heavy atom. The van der Waals surface area contributed by atoms with E-state index in [0.29, 0.717) is 13.2 Å². The summed E-state index contributed by atoms with van der Waals surface area (Å²) in [5.74, 6) is -0.250. The lowest BCUT2D eigenvalue weighted by Crippen LogP contribution is -2.41. The average Bonchev–Trinajstić information content (AvgIpc) is 2.48. The maximum Gasteiger partial charge on any atom is 0.244 e. The molecular formula is C8H14N2O3. The number of aliphatic hydroxyl groups is 1. The van der Waals surface area contributed by atoms with Crippen LogP contribution in [0.1, 0.15) is 0 Å². The van der Waals surface area contributed by atoms with Crippen molar-refractivity contribution in [1.29, 1.82) is 0 Å². The van der Waals surface area contributed by atoms with Crippen molar-refractivity contribution in [2.75, 3.05) is 19.8 Å². The van der Waals surface area contributed by atoms with Crippen molar-refractivity contribution >= 4 is 5.91 Å². The van der Waals surface area contributed by atoms with Crippen LogP contribution in [0.5, 0.6) is 0 Å². The Morgan fingerprint density at radius 3 is 3.00 bits per heavy atom. The Bertz CT molecular complexity index is 206. The fourth-order valence-electron chi connectivity index (χ4n) is 1.09. The SMILES string of the molecule is NC/C=C/C(=O)N[C@@H]1COC[C@H]1O. The van der Waals surface area contributed by atoms with Crippen LogP contribution in [0.3, 0.4) is 0 Å². The van der Waals surface area contributed by atoms with Crippen LogP contribution in [0, 0.1) is 0 Å². The number of nitrogens with one attached hydrogen (secondary N) is 1. The molecule has 0 saturated carbocycles. The smallest absolute Gasteiger partial charge is 0.244 e. The number of rotatable bonds is 3. The molecule has 4 N–H and O–H groups in total. The van der Waals surface area contributed by atoms with Crippen molar-refractivity contribution in [3.63, 3.8) is 0 Å². The van der Waals surface area contributed by atoms with Crippen LogP contribution in [-0.4, -0.2) is 42.9 Å². The van der Waals surface area contributed by atoms with E-state index >= 15 is 0 Å². The fraction of sp³-hybridized carbons (Fsp3) is 0.625. The number of ether oxygens (including phenoxy) is 1. The van der Waals surface area contributed by atoms with Crippen molar-refractivity contribution in [3.05, 3.63) is 12.2 Å². The Labute approximate surface area is 76.6 Å². The van der Waals surface area contributed by atoms with Gasteiger partial charge in [0.25, 0.3) is 0 Å². The zero-order chi connectivity index (χ0) is 9.68. The number of carbonyl (C=O) groups is 1.